The highest BCUT2D eigenvalue weighted by molar-refractivity contribution is 6.05. The summed E-state index contributed by atoms with van der Waals surface area (Å²) in [5.41, 5.74) is 2.28. The second-order valence-corrected chi connectivity index (χ2v) is 13.2. The third-order valence-corrected chi connectivity index (χ3v) is 9.20. The number of fused-ring (bicyclic) bond motifs is 1. The summed E-state index contributed by atoms with van der Waals surface area (Å²) < 4.78 is 5.57. The van der Waals surface area contributed by atoms with Crippen LogP contribution in [0.5, 0.6) is 0 Å². The van der Waals surface area contributed by atoms with Gasteiger partial charge in [-0.15, -0.1) is 12.3 Å². The largest absolute Gasteiger partial charge is 0.444 e. The molecule has 0 saturated carbocycles. The number of benzene rings is 1. The average molecular weight is 592 g/mol. The van der Waals surface area contributed by atoms with Crippen LogP contribution in [0.4, 0.5) is 4.79 Å². The standard InChI is InChI=1S/C33H45N5O5/c1-5-6-7-11-27(24-9-8-10-25-26(24)22-38(31(25)41)28-12-13-29(39)34-30(28)40)36-20-18-35(19-21-36)23-14-16-37(17-15-23)32(42)43-33(2,3)4/h1,8-10,23,27-28H,6-7,11-22H2,2-4H3,(H,34,39,40). The van der Waals surface area contributed by atoms with Gasteiger partial charge in [-0.3, -0.25) is 29.5 Å². The number of unbranched alkanes of at least 4 members (excludes halogenated alkanes) is 1. The van der Waals surface area contributed by atoms with Crippen molar-refractivity contribution in [3.8, 4) is 12.3 Å². The van der Waals surface area contributed by atoms with Crippen molar-refractivity contribution in [1.29, 1.82) is 0 Å². The van der Waals surface area contributed by atoms with Gasteiger partial charge < -0.3 is 14.5 Å². The lowest BCUT2D eigenvalue weighted by atomic mass is 9.92. The van der Waals surface area contributed by atoms with Gasteiger partial charge in [-0.1, -0.05) is 12.1 Å². The van der Waals surface area contributed by atoms with Crippen molar-refractivity contribution >= 4 is 23.8 Å². The van der Waals surface area contributed by atoms with Gasteiger partial charge in [0.25, 0.3) is 5.91 Å². The van der Waals surface area contributed by atoms with E-state index in [-0.39, 0.29) is 30.4 Å². The van der Waals surface area contributed by atoms with Gasteiger partial charge in [-0.05, 0) is 70.1 Å². The first-order valence-electron chi connectivity index (χ1n) is 15.7. The molecule has 0 aliphatic carbocycles. The van der Waals surface area contributed by atoms with Gasteiger partial charge in [0.2, 0.25) is 11.8 Å². The van der Waals surface area contributed by atoms with Gasteiger partial charge in [0.15, 0.2) is 0 Å². The van der Waals surface area contributed by atoms with Gasteiger partial charge in [0.05, 0.1) is 0 Å². The van der Waals surface area contributed by atoms with Crippen LogP contribution in [0.15, 0.2) is 18.2 Å². The molecule has 4 aliphatic heterocycles. The summed E-state index contributed by atoms with van der Waals surface area (Å²) in [5, 5.41) is 2.40. The minimum atomic E-state index is -0.629. The number of imide groups is 1. The van der Waals surface area contributed by atoms with Crippen molar-refractivity contribution in [3.63, 3.8) is 0 Å². The zero-order valence-electron chi connectivity index (χ0n) is 25.8. The Morgan fingerprint density at radius 1 is 1.07 bits per heavy atom. The quantitative estimate of drug-likeness (QED) is 0.295. The number of rotatable bonds is 7. The Bertz CT molecular complexity index is 1270. The van der Waals surface area contributed by atoms with Crippen LogP contribution in [-0.4, -0.2) is 100 Å². The van der Waals surface area contributed by atoms with Crippen LogP contribution in [0, 0.1) is 12.3 Å². The second-order valence-electron chi connectivity index (χ2n) is 13.2. The second kappa shape index (κ2) is 13.1. The van der Waals surface area contributed by atoms with E-state index >= 15 is 0 Å². The molecular weight excluding hydrogens is 546 g/mol. The smallest absolute Gasteiger partial charge is 0.410 e. The molecule has 43 heavy (non-hydrogen) atoms. The number of hydrogen-bond acceptors (Lipinski definition) is 7. The summed E-state index contributed by atoms with van der Waals surface area (Å²) in [5.74, 6) is 1.95. The minimum absolute atomic E-state index is 0.119. The fourth-order valence-electron chi connectivity index (χ4n) is 7.01. The van der Waals surface area contributed by atoms with E-state index in [1.54, 1.807) is 4.90 Å². The first-order chi connectivity index (χ1) is 20.6. The number of piperazine rings is 1. The van der Waals surface area contributed by atoms with E-state index < -0.39 is 17.6 Å². The van der Waals surface area contributed by atoms with E-state index in [2.05, 4.69) is 27.1 Å². The highest BCUT2D eigenvalue weighted by atomic mass is 16.6. The van der Waals surface area contributed by atoms with Gasteiger partial charge in [-0.25, -0.2) is 4.79 Å². The van der Waals surface area contributed by atoms with E-state index in [0.29, 0.717) is 44.1 Å². The number of carbonyl (C=O) groups is 4. The maximum absolute atomic E-state index is 13.5. The summed E-state index contributed by atoms with van der Waals surface area (Å²) in [4.78, 5) is 58.9. The van der Waals surface area contributed by atoms with Gasteiger partial charge >= 0.3 is 6.09 Å². The van der Waals surface area contributed by atoms with Crippen molar-refractivity contribution in [2.45, 2.75) is 96.0 Å². The summed E-state index contributed by atoms with van der Waals surface area (Å²) in [6, 6.07) is 5.86. The first kappa shape index (κ1) is 31.0. The molecule has 0 aromatic heterocycles. The highest BCUT2D eigenvalue weighted by Gasteiger charge is 2.41. The molecule has 10 heteroatoms. The maximum atomic E-state index is 13.5. The Hall–Kier alpha value is -3.42. The van der Waals surface area contributed by atoms with E-state index in [4.69, 9.17) is 11.2 Å². The molecule has 1 aromatic rings. The molecule has 3 saturated heterocycles. The summed E-state index contributed by atoms with van der Waals surface area (Å²) in [6.07, 6.45) is 10.3. The lowest BCUT2D eigenvalue weighted by Gasteiger charge is -2.45. The molecule has 5 rings (SSSR count). The zero-order valence-corrected chi connectivity index (χ0v) is 25.8. The molecule has 2 unspecified atom stereocenters. The highest BCUT2D eigenvalue weighted by Crippen LogP contribution is 2.37. The Labute approximate surface area is 255 Å². The lowest BCUT2D eigenvalue weighted by Crippen LogP contribution is -2.54. The summed E-state index contributed by atoms with van der Waals surface area (Å²) in [7, 11) is 0. The molecule has 0 radical (unpaired) electrons. The first-order valence-corrected chi connectivity index (χ1v) is 15.7. The molecule has 2 atom stereocenters. The molecule has 4 heterocycles. The Morgan fingerprint density at radius 2 is 1.79 bits per heavy atom. The van der Waals surface area contributed by atoms with Crippen molar-refractivity contribution in [3.05, 3.63) is 34.9 Å². The average Bonchev–Trinajstić information content (AvgIpc) is 3.31. The van der Waals surface area contributed by atoms with Crippen LogP contribution < -0.4 is 5.32 Å². The molecule has 232 valence electrons. The van der Waals surface area contributed by atoms with Crippen LogP contribution in [0.3, 0.4) is 0 Å². The Morgan fingerprint density at radius 3 is 2.44 bits per heavy atom. The van der Waals surface area contributed by atoms with Gasteiger partial charge in [0, 0.05) is 76.3 Å². The number of carbonyl (C=O) groups excluding carboxylic acids is 4. The van der Waals surface area contributed by atoms with Crippen LogP contribution in [0.25, 0.3) is 0 Å². The van der Waals surface area contributed by atoms with Crippen LogP contribution in [-0.2, 0) is 20.9 Å². The number of ether oxygens (including phenoxy) is 1. The molecule has 10 nitrogen and oxygen atoms in total. The molecule has 3 fully saturated rings. The number of nitrogens with zero attached hydrogens (tertiary/aromatic N) is 4. The summed E-state index contributed by atoms with van der Waals surface area (Å²) >= 11 is 0. The molecule has 0 spiro atoms. The lowest BCUT2D eigenvalue weighted by molar-refractivity contribution is -0.136. The van der Waals surface area contributed by atoms with Crippen LogP contribution in [0.2, 0.25) is 0 Å². The van der Waals surface area contributed by atoms with Gasteiger partial charge in [-0.2, -0.15) is 0 Å². The summed E-state index contributed by atoms with van der Waals surface area (Å²) in [6.45, 7) is 11.2. The maximum Gasteiger partial charge on any atom is 0.410 e. The van der Waals surface area contributed by atoms with Gasteiger partial charge in [0.1, 0.15) is 11.6 Å². The fraction of sp³-hybridized carbons (Fsp3) is 0.636. The van der Waals surface area contributed by atoms with E-state index in [9.17, 15) is 19.2 Å². The predicted octanol–water partition coefficient (Wildman–Crippen LogP) is 3.31. The Kier molecular flexibility index (Phi) is 9.42. The van der Waals surface area contributed by atoms with E-state index in [1.165, 1.54) is 0 Å². The van der Waals surface area contributed by atoms with E-state index in [0.717, 1.165) is 63.0 Å². The Balaban J connectivity index is 1.24. The molecule has 1 N–H and O–H groups in total. The number of nitrogens with one attached hydrogen (secondary N) is 1. The van der Waals surface area contributed by atoms with Crippen molar-refractivity contribution < 1.29 is 23.9 Å². The van der Waals surface area contributed by atoms with Crippen LogP contribution in [0.1, 0.15) is 93.2 Å². The number of terminal acetylenes is 1. The predicted molar refractivity (Wildman–Crippen MR) is 162 cm³/mol. The molecule has 1 aromatic carbocycles. The van der Waals surface area contributed by atoms with Crippen LogP contribution >= 0.6 is 0 Å². The zero-order chi connectivity index (χ0) is 30.7. The van der Waals surface area contributed by atoms with Crippen molar-refractivity contribution in [2.75, 3.05) is 39.3 Å². The normalized spacial score (nSPS) is 23.1. The SMILES string of the molecule is C#CCCCC(c1cccc2c1CN(C1CCC(=O)NC1=O)C2=O)N1CCN(C2CCN(C(=O)OC(C)(C)C)CC2)CC1. The van der Waals surface area contributed by atoms with Crippen molar-refractivity contribution in [1.82, 2.24) is 24.9 Å². The fourth-order valence-corrected chi connectivity index (χ4v) is 7.01. The topological polar surface area (TPSA) is 102 Å². The molecule has 4 amide bonds. The number of hydrogen-bond donors (Lipinski definition) is 1. The number of piperidine rings is 2. The minimum Gasteiger partial charge on any atom is -0.444 e. The number of amides is 4. The van der Waals surface area contributed by atoms with E-state index in [1.807, 2.05) is 37.8 Å². The monoisotopic (exact) mass is 591 g/mol. The number of likely N-dealkylation sites (tertiary alicyclic amines) is 1. The molecular formula is C33H45N5O5. The molecule has 4 aliphatic rings. The van der Waals surface area contributed by atoms with Crippen molar-refractivity contribution in [2.24, 2.45) is 0 Å². The molecule has 0 bridgehead atoms. The third-order valence-electron chi connectivity index (χ3n) is 9.20. The third kappa shape index (κ3) is 7.05.